The molecule has 1 aliphatic heterocycles. The molecular weight excluding hydrogens is 423 g/mol. The van der Waals surface area contributed by atoms with E-state index in [-0.39, 0.29) is 24.3 Å². The summed E-state index contributed by atoms with van der Waals surface area (Å²) in [5.41, 5.74) is 3.71. The smallest absolute Gasteiger partial charge is 0.217 e. The number of ether oxygens (including phenoxy) is 1. The van der Waals surface area contributed by atoms with E-state index in [1.54, 1.807) is 6.07 Å². The molecule has 4 N–H and O–H groups in total. The highest BCUT2D eigenvalue weighted by molar-refractivity contribution is 5.73. The molecular formula is C26H33FN2O4. The maximum atomic E-state index is 13.7. The topological polar surface area (TPSA) is 90.8 Å². The number of hydrogen-bond acceptors (Lipinski definition) is 5. The van der Waals surface area contributed by atoms with Gasteiger partial charge in [-0.15, -0.1) is 0 Å². The van der Waals surface area contributed by atoms with E-state index in [1.807, 2.05) is 12.1 Å². The number of rotatable bonds is 8. The van der Waals surface area contributed by atoms with Crippen molar-refractivity contribution in [2.75, 3.05) is 13.2 Å². The summed E-state index contributed by atoms with van der Waals surface area (Å²) in [7, 11) is 0. The number of amides is 1. The molecule has 1 amide bonds. The number of phenolic OH excluding ortho intramolecular Hbond substituents is 1. The molecule has 7 heteroatoms. The Bertz CT molecular complexity index is 1030. The second kappa shape index (κ2) is 10.3. The van der Waals surface area contributed by atoms with Gasteiger partial charge in [-0.25, -0.2) is 4.39 Å². The Morgan fingerprint density at radius 2 is 1.91 bits per heavy atom. The quantitative estimate of drug-likeness (QED) is 0.488. The van der Waals surface area contributed by atoms with E-state index in [0.29, 0.717) is 12.2 Å². The summed E-state index contributed by atoms with van der Waals surface area (Å²) in [5, 5.41) is 26.3. The zero-order valence-corrected chi connectivity index (χ0v) is 19.6. The van der Waals surface area contributed by atoms with E-state index in [0.717, 1.165) is 23.4 Å². The van der Waals surface area contributed by atoms with Crippen molar-refractivity contribution in [3.8, 4) is 11.5 Å². The molecule has 3 rings (SSSR count). The second-order valence-electron chi connectivity index (χ2n) is 9.74. The van der Waals surface area contributed by atoms with Crippen LogP contribution in [0.3, 0.4) is 0 Å². The number of benzene rings is 2. The SMILES string of the molecule is CC(=O)NC(Cc1ccc(O)c(F)c1)C(O)CNC1=CCOc2ccc(CC(C)(C)C)cc21. The number of nitrogens with one attached hydrogen (secondary N) is 2. The summed E-state index contributed by atoms with van der Waals surface area (Å²) in [6.45, 7) is 8.55. The normalized spacial score (nSPS) is 15.0. The van der Waals surface area contributed by atoms with Crippen molar-refractivity contribution in [1.82, 2.24) is 10.6 Å². The molecule has 6 nitrogen and oxygen atoms in total. The minimum Gasteiger partial charge on any atom is -0.505 e. The highest BCUT2D eigenvalue weighted by atomic mass is 19.1. The Balaban J connectivity index is 1.71. The van der Waals surface area contributed by atoms with Crippen LogP contribution in [0.15, 0.2) is 42.5 Å². The van der Waals surface area contributed by atoms with Crippen LogP contribution in [0.1, 0.15) is 44.4 Å². The Morgan fingerprint density at radius 1 is 1.18 bits per heavy atom. The van der Waals surface area contributed by atoms with E-state index in [9.17, 15) is 19.4 Å². The highest BCUT2D eigenvalue weighted by Gasteiger charge is 2.23. The number of aliphatic hydroxyl groups is 1. The summed E-state index contributed by atoms with van der Waals surface area (Å²) in [6, 6.07) is 9.56. The molecule has 1 aliphatic rings. The molecule has 0 saturated carbocycles. The molecule has 0 fully saturated rings. The molecule has 0 spiro atoms. The van der Waals surface area contributed by atoms with E-state index >= 15 is 0 Å². The third-order valence-electron chi connectivity index (χ3n) is 5.42. The Hall–Kier alpha value is -3.06. The first-order valence-electron chi connectivity index (χ1n) is 11.1. The fourth-order valence-corrected chi connectivity index (χ4v) is 3.96. The van der Waals surface area contributed by atoms with Crippen molar-refractivity contribution in [3.05, 3.63) is 65.0 Å². The van der Waals surface area contributed by atoms with Crippen LogP contribution in [0.2, 0.25) is 0 Å². The number of aliphatic hydroxyl groups excluding tert-OH is 1. The zero-order valence-electron chi connectivity index (χ0n) is 19.6. The number of halogens is 1. The fourth-order valence-electron chi connectivity index (χ4n) is 3.96. The van der Waals surface area contributed by atoms with Crippen LogP contribution < -0.4 is 15.4 Å². The van der Waals surface area contributed by atoms with Gasteiger partial charge in [0, 0.05) is 24.7 Å². The lowest BCUT2D eigenvalue weighted by atomic mass is 9.87. The molecule has 2 atom stereocenters. The van der Waals surface area contributed by atoms with E-state index in [4.69, 9.17) is 4.74 Å². The largest absolute Gasteiger partial charge is 0.505 e. The molecule has 2 aromatic carbocycles. The summed E-state index contributed by atoms with van der Waals surface area (Å²) in [4.78, 5) is 11.7. The zero-order chi connectivity index (χ0) is 24.2. The van der Waals surface area contributed by atoms with Crippen LogP contribution in [-0.4, -0.2) is 41.4 Å². The number of aromatic hydroxyl groups is 1. The number of carbonyl (C=O) groups is 1. The van der Waals surface area contributed by atoms with Gasteiger partial charge in [0.05, 0.1) is 12.1 Å². The number of carbonyl (C=O) groups excluding carboxylic acids is 1. The molecule has 1 heterocycles. The fraction of sp³-hybridized carbons (Fsp3) is 0.423. The van der Waals surface area contributed by atoms with Gasteiger partial charge in [-0.3, -0.25) is 4.79 Å². The van der Waals surface area contributed by atoms with Crippen molar-refractivity contribution in [2.45, 2.75) is 52.7 Å². The number of fused-ring (bicyclic) bond motifs is 1. The van der Waals surface area contributed by atoms with Crippen LogP contribution in [0, 0.1) is 11.2 Å². The summed E-state index contributed by atoms with van der Waals surface area (Å²) < 4.78 is 19.5. The summed E-state index contributed by atoms with van der Waals surface area (Å²) in [5.74, 6) is -0.685. The highest BCUT2D eigenvalue weighted by Crippen LogP contribution is 2.31. The average molecular weight is 457 g/mol. The first-order chi connectivity index (χ1) is 15.5. The summed E-state index contributed by atoms with van der Waals surface area (Å²) in [6.07, 6.45) is 2.13. The van der Waals surface area contributed by atoms with Crippen LogP contribution in [0.25, 0.3) is 5.70 Å². The van der Waals surface area contributed by atoms with Crippen LogP contribution in [0.4, 0.5) is 4.39 Å². The van der Waals surface area contributed by atoms with Crippen molar-refractivity contribution >= 4 is 11.6 Å². The van der Waals surface area contributed by atoms with Gasteiger partial charge in [0.25, 0.3) is 0 Å². The molecule has 2 unspecified atom stereocenters. The molecule has 0 bridgehead atoms. The Kier molecular flexibility index (Phi) is 7.64. The van der Waals surface area contributed by atoms with Gasteiger partial charge in [0.2, 0.25) is 5.91 Å². The lowest BCUT2D eigenvalue weighted by molar-refractivity contribution is -0.120. The van der Waals surface area contributed by atoms with Gasteiger partial charge in [-0.2, -0.15) is 0 Å². The van der Waals surface area contributed by atoms with E-state index in [2.05, 4.69) is 43.5 Å². The molecule has 0 radical (unpaired) electrons. The minimum atomic E-state index is -0.935. The average Bonchev–Trinajstić information content (AvgIpc) is 2.72. The van der Waals surface area contributed by atoms with Gasteiger partial charge in [-0.05, 0) is 59.7 Å². The molecule has 33 heavy (non-hydrogen) atoms. The summed E-state index contributed by atoms with van der Waals surface area (Å²) >= 11 is 0. The van der Waals surface area contributed by atoms with Gasteiger partial charge in [-0.1, -0.05) is 32.9 Å². The Morgan fingerprint density at radius 3 is 2.58 bits per heavy atom. The predicted molar refractivity (Wildman–Crippen MR) is 126 cm³/mol. The standard InChI is InChI=1S/C26H33FN2O4/c1-16(30)29-22(13-17-5-7-23(31)20(27)12-17)24(32)15-28-21-9-10-33-25-8-6-18(11-19(21)25)14-26(2,3)4/h5-9,11-12,22,24,28,31-32H,10,13-15H2,1-4H3,(H,29,30). The van der Waals surface area contributed by atoms with Gasteiger partial charge < -0.3 is 25.6 Å². The van der Waals surface area contributed by atoms with Crippen LogP contribution in [0.5, 0.6) is 11.5 Å². The van der Waals surface area contributed by atoms with Gasteiger partial charge >= 0.3 is 0 Å². The maximum Gasteiger partial charge on any atom is 0.217 e. The molecule has 0 aromatic heterocycles. The van der Waals surface area contributed by atoms with Gasteiger partial charge in [0.15, 0.2) is 11.6 Å². The molecule has 0 saturated heterocycles. The minimum absolute atomic E-state index is 0.149. The molecule has 178 valence electrons. The van der Waals surface area contributed by atoms with Crippen LogP contribution >= 0.6 is 0 Å². The third-order valence-corrected chi connectivity index (χ3v) is 5.42. The number of phenols is 1. The van der Waals surface area contributed by atoms with Gasteiger partial charge in [0.1, 0.15) is 12.4 Å². The Labute approximate surface area is 194 Å². The van der Waals surface area contributed by atoms with Crippen molar-refractivity contribution in [3.63, 3.8) is 0 Å². The number of hydrogen-bond donors (Lipinski definition) is 4. The maximum absolute atomic E-state index is 13.7. The molecule has 0 aliphatic carbocycles. The van der Waals surface area contributed by atoms with Crippen molar-refractivity contribution in [1.29, 1.82) is 0 Å². The third kappa shape index (κ3) is 6.96. The van der Waals surface area contributed by atoms with Crippen molar-refractivity contribution in [2.24, 2.45) is 5.41 Å². The van der Waals surface area contributed by atoms with E-state index < -0.39 is 23.7 Å². The first kappa shape index (κ1) is 24.6. The monoisotopic (exact) mass is 456 g/mol. The van der Waals surface area contributed by atoms with Crippen LogP contribution in [-0.2, 0) is 17.6 Å². The molecule has 2 aromatic rings. The lowest BCUT2D eigenvalue weighted by Crippen LogP contribution is -2.48. The van der Waals surface area contributed by atoms with Crippen molar-refractivity contribution < 1.29 is 24.1 Å². The van der Waals surface area contributed by atoms with E-state index in [1.165, 1.54) is 24.6 Å². The lowest BCUT2D eigenvalue weighted by Gasteiger charge is -2.27. The predicted octanol–water partition coefficient (Wildman–Crippen LogP) is 3.55. The first-order valence-corrected chi connectivity index (χ1v) is 11.1. The second-order valence-corrected chi connectivity index (χ2v) is 9.74.